The molecule has 7 nitrogen and oxygen atoms in total. The lowest BCUT2D eigenvalue weighted by molar-refractivity contribution is -0.384. The number of carbonyl (C=O) groups is 1. The van der Waals surface area contributed by atoms with Crippen molar-refractivity contribution in [1.29, 1.82) is 5.26 Å². The number of hydrogen-bond acceptors (Lipinski definition) is 5. The summed E-state index contributed by atoms with van der Waals surface area (Å²) < 4.78 is 0. The third kappa shape index (κ3) is 4.33. The van der Waals surface area contributed by atoms with Crippen LogP contribution < -0.4 is 10.6 Å². The topological polar surface area (TPSA) is 108 Å². The Hall–Kier alpha value is -3.31. The summed E-state index contributed by atoms with van der Waals surface area (Å²) in [6.07, 6.45) is 0. The minimum Gasteiger partial charge on any atom is -0.332 e. The average molecular weight is 326 g/mol. The standard InChI is InChI=1S/C15H10N4O3S/c16-9-10-3-1-5-12(7-10)17-15(23)18-14(20)11-4-2-6-13(8-11)19(21)22/h1-8H,(H2,17,18,20,23). The lowest BCUT2D eigenvalue weighted by Gasteiger charge is -2.09. The summed E-state index contributed by atoms with van der Waals surface area (Å²) in [6, 6.07) is 13.9. The second-order valence-corrected chi connectivity index (χ2v) is 4.82. The number of nitrogens with zero attached hydrogens (tertiary/aromatic N) is 2. The van der Waals surface area contributed by atoms with Crippen LogP contribution in [-0.4, -0.2) is 15.9 Å². The predicted molar refractivity (Wildman–Crippen MR) is 87.9 cm³/mol. The number of hydrogen-bond donors (Lipinski definition) is 2. The largest absolute Gasteiger partial charge is 0.332 e. The summed E-state index contributed by atoms with van der Waals surface area (Å²) in [5, 5.41) is 24.8. The first-order chi connectivity index (χ1) is 11.0. The van der Waals surface area contributed by atoms with E-state index in [9.17, 15) is 14.9 Å². The van der Waals surface area contributed by atoms with Crippen LogP contribution in [0.15, 0.2) is 48.5 Å². The van der Waals surface area contributed by atoms with Crippen molar-refractivity contribution in [3.63, 3.8) is 0 Å². The molecule has 0 heterocycles. The highest BCUT2D eigenvalue weighted by Gasteiger charge is 2.12. The van der Waals surface area contributed by atoms with Crippen LogP contribution in [0.25, 0.3) is 0 Å². The molecule has 0 spiro atoms. The number of thiocarbonyl (C=S) groups is 1. The molecule has 0 aromatic heterocycles. The van der Waals surface area contributed by atoms with Crippen molar-refractivity contribution >= 4 is 34.6 Å². The highest BCUT2D eigenvalue weighted by molar-refractivity contribution is 7.80. The quantitative estimate of drug-likeness (QED) is 0.510. The number of anilines is 1. The Morgan fingerprint density at radius 1 is 1.22 bits per heavy atom. The number of non-ortho nitro benzene ring substituents is 1. The highest BCUT2D eigenvalue weighted by atomic mass is 32.1. The number of rotatable bonds is 3. The van der Waals surface area contributed by atoms with Gasteiger partial charge in [0.1, 0.15) is 0 Å². The summed E-state index contributed by atoms with van der Waals surface area (Å²) in [7, 11) is 0. The van der Waals surface area contributed by atoms with Crippen LogP contribution in [0.3, 0.4) is 0 Å². The molecule has 0 bridgehead atoms. The van der Waals surface area contributed by atoms with Crippen LogP contribution in [0.5, 0.6) is 0 Å². The van der Waals surface area contributed by atoms with Gasteiger partial charge in [-0.25, -0.2) is 0 Å². The maximum Gasteiger partial charge on any atom is 0.270 e. The molecule has 0 saturated carbocycles. The summed E-state index contributed by atoms with van der Waals surface area (Å²) in [5.74, 6) is -0.567. The van der Waals surface area contributed by atoms with Gasteiger partial charge in [-0.15, -0.1) is 0 Å². The molecule has 2 rings (SSSR count). The van der Waals surface area contributed by atoms with Crippen LogP contribution in [0, 0.1) is 21.4 Å². The molecule has 2 N–H and O–H groups in total. The van der Waals surface area contributed by atoms with E-state index in [2.05, 4.69) is 10.6 Å². The summed E-state index contributed by atoms with van der Waals surface area (Å²) in [5.41, 5.74) is 0.934. The van der Waals surface area contributed by atoms with E-state index in [0.29, 0.717) is 11.3 Å². The molecule has 2 aromatic carbocycles. The molecule has 0 saturated heterocycles. The van der Waals surface area contributed by atoms with E-state index in [1.54, 1.807) is 24.3 Å². The highest BCUT2D eigenvalue weighted by Crippen LogP contribution is 2.13. The molecular weight excluding hydrogens is 316 g/mol. The molecule has 1 amide bonds. The molecule has 0 fully saturated rings. The first-order valence-corrected chi connectivity index (χ1v) is 6.77. The average Bonchev–Trinajstić information content (AvgIpc) is 2.55. The second kappa shape index (κ2) is 7.11. The fourth-order valence-electron chi connectivity index (χ4n) is 1.76. The molecule has 8 heteroatoms. The summed E-state index contributed by atoms with van der Waals surface area (Å²) in [4.78, 5) is 22.2. The molecule has 0 radical (unpaired) electrons. The molecule has 0 aliphatic carbocycles. The monoisotopic (exact) mass is 326 g/mol. The molecule has 23 heavy (non-hydrogen) atoms. The molecule has 114 valence electrons. The van der Waals surface area contributed by atoms with Gasteiger partial charge in [0.25, 0.3) is 11.6 Å². The Morgan fingerprint density at radius 2 is 1.96 bits per heavy atom. The van der Waals surface area contributed by atoms with E-state index >= 15 is 0 Å². The number of amides is 1. The van der Waals surface area contributed by atoms with Crippen LogP contribution >= 0.6 is 12.2 Å². The number of nitro benzene ring substituents is 1. The van der Waals surface area contributed by atoms with E-state index in [-0.39, 0.29) is 16.4 Å². The van der Waals surface area contributed by atoms with E-state index in [0.717, 1.165) is 6.07 Å². The molecule has 0 aliphatic rings. The molecule has 0 atom stereocenters. The van der Waals surface area contributed by atoms with Gasteiger partial charge in [-0.05, 0) is 36.5 Å². The van der Waals surface area contributed by atoms with E-state index in [1.165, 1.54) is 18.2 Å². The van der Waals surface area contributed by atoms with Crippen molar-refractivity contribution in [3.05, 3.63) is 69.8 Å². The summed E-state index contributed by atoms with van der Waals surface area (Å²) >= 11 is 5.02. The van der Waals surface area contributed by atoms with Gasteiger partial charge in [-0.3, -0.25) is 20.2 Å². The van der Waals surface area contributed by atoms with Crippen molar-refractivity contribution in [2.24, 2.45) is 0 Å². The molecular formula is C15H10N4O3S. The summed E-state index contributed by atoms with van der Waals surface area (Å²) in [6.45, 7) is 0. The zero-order chi connectivity index (χ0) is 16.8. The zero-order valence-electron chi connectivity index (χ0n) is 11.6. The second-order valence-electron chi connectivity index (χ2n) is 4.41. The van der Waals surface area contributed by atoms with E-state index in [1.807, 2.05) is 6.07 Å². The first-order valence-electron chi connectivity index (χ1n) is 6.36. The Kier molecular flexibility index (Phi) is 4.96. The SMILES string of the molecule is N#Cc1cccc(NC(=S)NC(=O)c2cccc([N+](=O)[O-])c2)c1. The van der Waals surface area contributed by atoms with Gasteiger partial charge in [0.05, 0.1) is 16.6 Å². The van der Waals surface area contributed by atoms with Crippen LogP contribution in [-0.2, 0) is 0 Å². The predicted octanol–water partition coefficient (Wildman–Crippen LogP) is 2.59. The molecule has 0 aliphatic heterocycles. The van der Waals surface area contributed by atoms with Crippen molar-refractivity contribution in [2.45, 2.75) is 0 Å². The Labute approximate surface area is 136 Å². The van der Waals surface area contributed by atoms with Crippen molar-refractivity contribution in [3.8, 4) is 6.07 Å². The van der Waals surface area contributed by atoms with Gasteiger partial charge >= 0.3 is 0 Å². The smallest absolute Gasteiger partial charge is 0.270 e. The molecule has 0 unspecified atom stereocenters. The fourth-order valence-corrected chi connectivity index (χ4v) is 1.98. The number of nitro groups is 1. The minimum absolute atomic E-state index is 0.0246. The van der Waals surface area contributed by atoms with E-state index < -0.39 is 10.8 Å². The lowest BCUT2D eigenvalue weighted by atomic mass is 10.2. The minimum atomic E-state index is -0.583. The number of carbonyl (C=O) groups excluding carboxylic acids is 1. The van der Waals surface area contributed by atoms with Gasteiger partial charge in [0.15, 0.2) is 5.11 Å². The lowest BCUT2D eigenvalue weighted by Crippen LogP contribution is -2.34. The number of nitrogens with one attached hydrogen (secondary N) is 2. The van der Waals surface area contributed by atoms with Gasteiger partial charge < -0.3 is 5.32 Å². The van der Waals surface area contributed by atoms with Gasteiger partial charge in [0, 0.05) is 23.4 Å². The van der Waals surface area contributed by atoms with Crippen LogP contribution in [0.1, 0.15) is 15.9 Å². The fraction of sp³-hybridized carbons (Fsp3) is 0. The first kappa shape index (κ1) is 16.1. The van der Waals surface area contributed by atoms with Crippen molar-refractivity contribution in [1.82, 2.24) is 5.32 Å². The van der Waals surface area contributed by atoms with Gasteiger partial charge in [0.2, 0.25) is 0 Å². The van der Waals surface area contributed by atoms with Gasteiger partial charge in [-0.1, -0.05) is 12.1 Å². The number of nitriles is 1. The van der Waals surface area contributed by atoms with Crippen LogP contribution in [0.2, 0.25) is 0 Å². The Bertz CT molecular complexity index is 829. The van der Waals surface area contributed by atoms with E-state index in [4.69, 9.17) is 17.5 Å². The Balaban J connectivity index is 2.05. The third-order valence-corrected chi connectivity index (χ3v) is 3.00. The maximum atomic E-state index is 12.0. The maximum absolute atomic E-state index is 12.0. The van der Waals surface area contributed by atoms with Crippen molar-refractivity contribution in [2.75, 3.05) is 5.32 Å². The zero-order valence-corrected chi connectivity index (χ0v) is 12.5. The van der Waals surface area contributed by atoms with Crippen LogP contribution in [0.4, 0.5) is 11.4 Å². The van der Waals surface area contributed by atoms with Gasteiger partial charge in [-0.2, -0.15) is 5.26 Å². The number of benzene rings is 2. The normalized spacial score (nSPS) is 9.52. The van der Waals surface area contributed by atoms with Crippen molar-refractivity contribution < 1.29 is 9.72 Å². The Morgan fingerprint density at radius 3 is 2.65 bits per heavy atom. The molecule has 2 aromatic rings. The third-order valence-electron chi connectivity index (χ3n) is 2.80.